The molecule has 1 rings (SSSR count). The van der Waals surface area contributed by atoms with Crippen LogP contribution in [0.2, 0.25) is 0 Å². The normalized spacial score (nSPS) is 11.7. The van der Waals surface area contributed by atoms with Gasteiger partial charge in [-0.05, 0) is 24.6 Å². The lowest BCUT2D eigenvalue weighted by Gasteiger charge is -2.08. The Bertz CT molecular complexity index is 612. The van der Waals surface area contributed by atoms with Gasteiger partial charge >= 0.3 is 5.97 Å². The molecule has 0 spiro atoms. The van der Waals surface area contributed by atoms with Gasteiger partial charge in [0, 0.05) is 7.05 Å². The van der Waals surface area contributed by atoms with Gasteiger partial charge in [0.05, 0.1) is 0 Å². The Labute approximate surface area is 110 Å². The molecule has 0 atom stereocenters. The van der Waals surface area contributed by atoms with Crippen molar-refractivity contribution in [3.05, 3.63) is 23.8 Å². The number of carboxylic acid groups (broad SMARTS) is 1. The predicted molar refractivity (Wildman–Crippen MR) is 65.8 cm³/mol. The fourth-order valence-electron chi connectivity index (χ4n) is 1.26. The summed E-state index contributed by atoms with van der Waals surface area (Å²) in [5.41, 5.74) is 0.566. The molecule has 0 amide bonds. The lowest BCUT2D eigenvalue weighted by Crippen LogP contribution is -2.19. The minimum Gasteiger partial charge on any atom is -0.480 e. The number of hydrogen-bond acceptors (Lipinski definition) is 5. The summed E-state index contributed by atoms with van der Waals surface area (Å²) >= 11 is 0. The van der Waals surface area contributed by atoms with Gasteiger partial charge in [-0.25, -0.2) is 0 Å². The number of rotatable bonds is 5. The Hall–Kier alpha value is -2.00. The minimum absolute atomic E-state index is 0.0645. The molecule has 2 N–H and O–H groups in total. The highest BCUT2D eigenvalue weighted by Gasteiger charge is 2.15. The monoisotopic (exact) mass is 287 g/mol. The molecule has 0 aliphatic carbocycles. The van der Waals surface area contributed by atoms with Crippen LogP contribution in [0.4, 0.5) is 5.69 Å². The van der Waals surface area contributed by atoms with Crippen molar-refractivity contribution in [3.8, 4) is 0 Å². The van der Waals surface area contributed by atoms with Crippen LogP contribution in [0.1, 0.15) is 5.56 Å². The third-order valence-electron chi connectivity index (χ3n) is 2.06. The van der Waals surface area contributed by atoms with Crippen molar-refractivity contribution in [2.24, 2.45) is 10.3 Å². The Balaban J connectivity index is 3.08. The highest BCUT2D eigenvalue weighted by Crippen LogP contribution is 2.25. The molecule has 0 aliphatic heterocycles. The van der Waals surface area contributed by atoms with E-state index in [1.165, 1.54) is 19.2 Å². The maximum atomic E-state index is 11.2. The Morgan fingerprint density at radius 3 is 2.58 bits per heavy atom. The first-order chi connectivity index (χ1) is 8.70. The van der Waals surface area contributed by atoms with Gasteiger partial charge in [-0.2, -0.15) is 8.42 Å². The van der Waals surface area contributed by atoms with E-state index in [1.807, 2.05) is 0 Å². The number of nitrogens with zero attached hydrogens (tertiary/aromatic N) is 3. The van der Waals surface area contributed by atoms with Crippen LogP contribution in [-0.4, -0.2) is 42.6 Å². The van der Waals surface area contributed by atoms with Crippen LogP contribution in [0, 0.1) is 6.92 Å². The van der Waals surface area contributed by atoms with Gasteiger partial charge < -0.3 is 5.11 Å². The summed E-state index contributed by atoms with van der Waals surface area (Å²) in [6.45, 7) is 1.28. The summed E-state index contributed by atoms with van der Waals surface area (Å²) in [5.74, 6) is -1.10. The third-order valence-corrected chi connectivity index (χ3v) is 2.95. The second-order valence-electron chi connectivity index (χ2n) is 3.85. The number of hydrogen-bond donors (Lipinski definition) is 2. The van der Waals surface area contributed by atoms with E-state index in [9.17, 15) is 13.2 Å². The molecule has 0 saturated heterocycles. The van der Waals surface area contributed by atoms with E-state index in [4.69, 9.17) is 9.66 Å². The topological polar surface area (TPSA) is 120 Å². The van der Waals surface area contributed by atoms with Gasteiger partial charge in [-0.15, -0.1) is 5.11 Å². The van der Waals surface area contributed by atoms with E-state index in [1.54, 1.807) is 13.0 Å². The summed E-state index contributed by atoms with van der Waals surface area (Å²) in [5, 5.41) is 16.7. The van der Waals surface area contributed by atoms with E-state index in [0.29, 0.717) is 5.56 Å². The fourth-order valence-corrected chi connectivity index (χ4v) is 1.97. The molecule has 104 valence electrons. The van der Waals surface area contributed by atoms with Crippen LogP contribution < -0.4 is 0 Å². The van der Waals surface area contributed by atoms with Crippen LogP contribution in [0.25, 0.3) is 0 Å². The van der Waals surface area contributed by atoms with Crippen molar-refractivity contribution in [2.75, 3.05) is 13.6 Å². The van der Waals surface area contributed by atoms with Gasteiger partial charge in [0.15, 0.2) is 0 Å². The molecule has 0 fully saturated rings. The maximum Gasteiger partial charge on any atom is 0.324 e. The van der Waals surface area contributed by atoms with Gasteiger partial charge in [-0.1, -0.05) is 11.3 Å². The van der Waals surface area contributed by atoms with Crippen molar-refractivity contribution in [1.82, 2.24) is 5.01 Å². The number of carbonyl (C=O) groups is 1. The van der Waals surface area contributed by atoms with Gasteiger partial charge in [0.1, 0.15) is 17.1 Å². The lowest BCUT2D eigenvalue weighted by molar-refractivity contribution is -0.138. The first kappa shape index (κ1) is 15.1. The zero-order valence-electron chi connectivity index (χ0n) is 10.3. The van der Waals surface area contributed by atoms with Crippen LogP contribution in [0.3, 0.4) is 0 Å². The van der Waals surface area contributed by atoms with Crippen LogP contribution >= 0.6 is 0 Å². The molecular weight excluding hydrogens is 274 g/mol. The Morgan fingerprint density at radius 1 is 1.42 bits per heavy atom. The van der Waals surface area contributed by atoms with Gasteiger partial charge in [0.2, 0.25) is 0 Å². The van der Waals surface area contributed by atoms with Crippen molar-refractivity contribution in [3.63, 3.8) is 0 Å². The fraction of sp³-hybridized carbons (Fsp3) is 0.300. The first-order valence-corrected chi connectivity index (χ1v) is 6.57. The molecule has 0 radical (unpaired) electrons. The molecule has 0 bridgehead atoms. The summed E-state index contributed by atoms with van der Waals surface area (Å²) in [6.07, 6.45) is 0. The molecule has 0 saturated carbocycles. The van der Waals surface area contributed by atoms with Gasteiger partial charge in [0.25, 0.3) is 10.1 Å². The molecule has 0 aromatic heterocycles. The molecule has 9 heteroatoms. The van der Waals surface area contributed by atoms with E-state index in [0.717, 1.165) is 5.01 Å². The van der Waals surface area contributed by atoms with E-state index in [-0.39, 0.29) is 17.1 Å². The van der Waals surface area contributed by atoms with Crippen LogP contribution in [0.15, 0.2) is 33.4 Å². The molecule has 0 aliphatic rings. The summed E-state index contributed by atoms with van der Waals surface area (Å²) in [7, 11) is -3.04. The Kier molecular flexibility index (Phi) is 4.57. The average molecular weight is 287 g/mol. The number of aryl methyl sites for hydroxylation is 1. The smallest absolute Gasteiger partial charge is 0.324 e. The molecule has 8 nitrogen and oxygen atoms in total. The molecular formula is C10H13N3O5S. The molecule has 0 unspecified atom stereocenters. The largest absolute Gasteiger partial charge is 0.480 e. The predicted octanol–water partition coefficient (Wildman–Crippen LogP) is 1.26. The van der Waals surface area contributed by atoms with Crippen molar-refractivity contribution in [1.29, 1.82) is 0 Å². The summed E-state index contributed by atoms with van der Waals surface area (Å²) < 4.78 is 31.4. The van der Waals surface area contributed by atoms with Crippen molar-refractivity contribution in [2.45, 2.75) is 11.8 Å². The van der Waals surface area contributed by atoms with Crippen LogP contribution in [-0.2, 0) is 14.9 Å². The lowest BCUT2D eigenvalue weighted by atomic mass is 10.2. The van der Waals surface area contributed by atoms with Gasteiger partial charge in [-0.3, -0.25) is 14.4 Å². The van der Waals surface area contributed by atoms with E-state index in [2.05, 4.69) is 10.3 Å². The number of benzene rings is 1. The van der Waals surface area contributed by atoms with E-state index < -0.39 is 16.1 Å². The maximum absolute atomic E-state index is 11.2. The summed E-state index contributed by atoms with van der Waals surface area (Å²) in [4.78, 5) is 10.0. The first-order valence-electron chi connectivity index (χ1n) is 5.13. The summed E-state index contributed by atoms with van der Waals surface area (Å²) in [6, 6.07) is 4.22. The van der Waals surface area contributed by atoms with E-state index >= 15 is 0 Å². The zero-order chi connectivity index (χ0) is 14.6. The standard InChI is InChI=1S/C10H13N3O5S/c1-7-3-4-8(9(5-7)19(16,17)18)11-12-13(2)6-10(14)15/h3-5H,6H2,1-2H3,(H,14,15)(H,16,17,18). The SMILES string of the molecule is Cc1ccc(N=NN(C)CC(=O)O)c(S(=O)(=O)O)c1. The van der Waals surface area contributed by atoms with Crippen molar-refractivity contribution < 1.29 is 22.9 Å². The number of carboxylic acids is 1. The highest BCUT2D eigenvalue weighted by atomic mass is 32.2. The third kappa shape index (κ3) is 4.64. The number of likely N-dealkylation sites (N-methyl/N-ethyl adjacent to an activating group) is 1. The molecule has 1 aromatic rings. The number of aliphatic carboxylic acids is 1. The van der Waals surface area contributed by atoms with Crippen molar-refractivity contribution >= 4 is 21.8 Å². The minimum atomic E-state index is -4.42. The second-order valence-corrected chi connectivity index (χ2v) is 5.24. The average Bonchev–Trinajstić information content (AvgIpc) is 2.25. The zero-order valence-corrected chi connectivity index (χ0v) is 11.1. The molecule has 0 heterocycles. The molecule has 19 heavy (non-hydrogen) atoms. The Morgan fingerprint density at radius 2 is 2.05 bits per heavy atom. The quantitative estimate of drug-likeness (QED) is 0.478. The molecule has 1 aromatic carbocycles. The van der Waals surface area contributed by atoms with Crippen LogP contribution in [0.5, 0.6) is 0 Å². The highest BCUT2D eigenvalue weighted by molar-refractivity contribution is 7.86. The second kappa shape index (κ2) is 5.76.